The highest BCUT2D eigenvalue weighted by molar-refractivity contribution is 5.66. The Morgan fingerprint density at radius 3 is 2.72 bits per heavy atom. The molecule has 4 nitrogen and oxygen atoms in total. The van der Waals surface area contributed by atoms with E-state index in [0.29, 0.717) is 12.3 Å². The van der Waals surface area contributed by atoms with E-state index in [1.165, 1.54) is 0 Å². The van der Waals surface area contributed by atoms with Gasteiger partial charge in [-0.05, 0) is 44.1 Å². The number of aliphatic carboxylic acids is 1. The third kappa shape index (κ3) is 4.92. The molecule has 1 rings (SSSR count). The average Bonchev–Trinajstić information content (AvgIpc) is 2.66. The van der Waals surface area contributed by atoms with Crippen molar-refractivity contribution in [3.8, 4) is 0 Å². The van der Waals surface area contributed by atoms with Crippen molar-refractivity contribution in [1.82, 2.24) is 0 Å². The molecule has 1 saturated carbocycles. The fraction of sp³-hybridized carbons (Fsp3) is 0.643. The number of aliphatic hydroxyl groups is 2. The van der Waals surface area contributed by atoms with Gasteiger partial charge in [0.2, 0.25) is 0 Å². The van der Waals surface area contributed by atoms with Crippen LogP contribution in [0.5, 0.6) is 0 Å². The maximum absolute atomic E-state index is 10.3. The molecule has 3 atom stereocenters. The van der Waals surface area contributed by atoms with Crippen LogP contribution in [-0.4, -0.2) is 27.4 Å². The van der Waals surface area contributed by atoms with E-state index in [9.17, 15) is 9.90 Å². The van der Waals surface area contributed by atoms with Crippen molar-refractivity contribution in [2.45, 2.75) is 44.6 Å². The zero-order valence-electron chi connectivity index (χ0n) is 10.5. The summed E-state index contributed by atoms with van der Waals surface area (Å²) in [5.41, 5.74) is 0. The highest BCUT2D eigenvalue weighted by Gasteiger charge is 2.32. The van der Waals surface area contributed by atoms with Crippen LogP contribution in [0.2, 0.25) is 0 Å². The summed E-state index contributed by atoms with van der Waals surface area (Å²) in [5.74, 6) is -0.340. The van der Waals surface area contributed by atoms with Crippen molar-refractivity contribution in [2.24, 2.45) is 11.8 Å². The first kappa shape index (κ1) is 14.8. The summed E-state index contributed by atoms with van der Waals surface area (Å²) in [6.45, 7) is 0. The van der Waals surface area contributed by atoms with Gasteiger partial charge in [0.1, 0.15) is 0 Å². The number of allylic oxidation sites excluding steroid dienone is 2. The molecular formula is C14H22O4. The fourth-order valence-electron chi connectivity index (χ4n) is 2.50. The van der Waals surface area contributed by atoms with Gasteiger partial charge in [-0.2, -0.15) is 0 Å². The predicted octanol–water partition coefficient (Wildman–Crippen LogP) is 2.65. The number of carboxylic acid groups (broad SMARTS) is 1. The van der Waals surface area contributed by atoms with Crippen LogP contribution in [0.3, 0.4) is 0 Å². The quantitative estimate of drug-likeness (QED) is 0.371. The van der Waals surface area contributed by atoms with E-state index in [4.69, 9.17) is 10.2 Å². The van der Waals surface area contributed by atoms with Crippen molar-refractivity contribution >= 4 is 5.97 Å². The fourth-order valence-corrected chi connectivity index (χ4v) is 2.50. The Morgan fingerprint density at radius 2 is 2.06 bits per heavy atom. The number of carboxylic acids is 1. The zero-order valence-corrected chi connectivity index (χ0v) is 10.5. The molecular weight excluding hydrogens is 232 g/mol. The van der Waals surface area contributed by atoms with Crippen LogP contribution >= 0.6 is 0 Å². The minimum atomic E-state index is -0.754. The second-order valence-corrected chi connectivity index (χ2v) is 4.82. The molecule has 0 aliphatic heterocycles. The van der Waals surface area contributed by atoms with Gasteiger partial charge in [-0.25, -0.2) is 0 Å². The highest BCUT2D eigenvalue weighted by Crippen LogP contribution is 2.35. The third-order valence-electron chi connectivity index (χ3n) is 3.50. The topological polar surface area (TPSA) is 77.8 Å². The Kier molecular flexibility index (Phi) is 6.50. The van der Waals surface area contributed by atoms with Gasteiger partial charge in [-0.3, -0.25) is 4.79 Å². The second-order valence-electron chi connectivity index (χ2n) is 4.82. The second kappa shape index (κ2) is 7.93. The van der Waals surface area contributed by atoms with E-state index >= 15 is 0 Å². The molecule has 0 amide bonds. The molecule has 102 valence electrons. The van der Waals surface area contributed by atoms with Crippen LogP contribution in [0.15, 0.2) is 24.5 Å². The van der Waals surface area contributed by atoms with Gasteiger partial charge in [-0.15, -0.1) is 0 Å². The molecule has 0 radical (unpaired) electrons. The molecule has 1 fully saturated rings. The van der Waals surface area contributed by atoms with Gasteiger partial charge >= 0.3 is 5.97 Å². The van der Waals surface area contributed by atoms with Crippen LogP contribution in [0.4, 0.5) is 0 Å². The van der Waals surface area contributed by atoms with E-state index in [0.717, 1.165) is 31.9 Å². The Morgan fingerprint density at radius 1 is 1.28 bits per heavy atom. The largest absolute Gasteiger partial charge is 0.516 e. The van der Waals surface area contributed by atoms with Gasteiger partial charge in [-0.1, -0.05) is 12.2 Å². The maximum Gasteiger partial charge on any atom is 0.303 e. The summed E-state index contributed by atoms with van der Waals surface area (Å²) in [6, 6.07) is 0. The number of hydrogen-bond donors (Lipinski definition) is 3. The lowest BCUT2D eigenvalue weighted by molar-refractivity contribution is -0.137. The van der Waals surface area contributed by atoms with E-state index < -0.39 is 5.97 Å². The molecule has 1 unspecified atom stereocenters. The standard InChI is InChI=1S/C14H22O4/c15-10-9-12-11(7-8-13(12)16)5-3-1-2-4-6-14(17)18/h1,3,9-13,15-16H,2,4-8H2,(H,17,18)/b3-1-,10-9+/t11-,12?,13+/m0/s1. The molecule has 0 spiro atoms. The van der Waals surface area contributed by atoms with Gasteiger partial charge in [0.15, 0.2) is 0 Å². The SMILES string of the molecule is O=C(O)CCC/C=C\C[C@H]1CC[C@@H](O)C1/C=C/O. The minimum Gasteiger partial charge on any atom is -0.516 e. The summed E-state index contributed by atoms with van der Waals surface area (Å²) in [6.07, 6.45) is 10.7. The monoisotopic (exact) mass is 254 g/mol. The number of aliphatic hydroxyl groups excluding tert-OH is 2. The highest BCUT2D eigenvalue weighted by atomic mass is 16.4. The van der Waals surface area contributed by atoms with E-state index in [2.05, 4.69) is 6.08 Å². The lowest BCUT2D eigenvalue weighted by Gasteiger charge is -2.16. The van der Waals surface area contributed by atoms with Crippen molar-refractivity contribution < 1.29 is 20.1 Å². The third-order valence-corrected chi connectivity index (χ3v) is 3.50. The Hall–Kier alpha value is -1.29. The summed E-state index contributed by atoms with van der Waals surface area (Å²) in [5, 5.41) is 27.0. The molecule has 18 heavy (non-hydrogen) atoms. The Bertz CT molecular complexity index is 309. The summed E-state index contributed by atoms with van der Waals surface area (Å²) in [4.78, 5) is 10.3. The van der Waals surface area contributed by atoms with Crippen LogP contribution < -0.4 is 0 Å². The molecule has 4 heteroatoms. The van der Waals surface area contributed by atoms with Crippen molar-refractivity contribution in [1.29, 1.82) is 0 Å². The first-order valence-corrected chi connectivity index (χ1v) is 6.51. The molecule has 0 aromatic carbocycles. The molecule has 0 aromatic heterocycles. The lowest BCUT2D eigenvalue weighted by Crippen LogP contribution is -2.16. The van der Waals surface area contributed by atoms with E-state index in [-0.39, 0.29) is 18.4 Å². The van der Waals surface area contributed by atoms with Crippen LogP contribution in [-0.2, 0) is 4.79 Å². The number of unbranched alkanes of at least 4 members (excludes halogenated alkanes) is 1. The first-order chi connectivity index (χ1) is 8.65. The van der Waals surface area contributed by atoms with Crippen LogP contribution in [0.25, 0.3) is 0 Å². The smallest absolute Gasteiger partial charge is 0.303 e. The molecule has 1 aliphatic carbocycles. The molecule has 0 aromatic rings. The Labute approximate surface area is 108 Å². The summed E-state index contributed by atoms with van der Waals surface area (Å²) >= 11 is 0. The zero-order chi connectivity index (χ0) is 13.4. The maximum atomic E-state index is 10.3. The normalized spacial score (nSPS) is 28.4. The van der Waals surface area contributed by atoms with Gasteiger partial charge in [0.25, 0.3) is 0 Å². The van der Waals surface area contributed by atoms with Crippen molar-refractivity contribution in [3.63, 3.8) is 0 Å². The minimum absolute atomic E-state index is 0.0404. The average molecular weight is 254 g/mol. The molecule has 0 heterocycles. The molecule has 1 aliphatic rings. The summed E-state index contributed by atoms with van der Waals surface area (Å²) in [7, 11) is 0. The van der Waals surface area contributed by atoms with Crippen LogP contribution in [0.1, 0.15) is 38.5 Å². The van der Waals surface area contributed by atoms with Gasteiger partial charge in [0, 0.05) is 12.3 Å². The van der Waals surface area contributed by atoms with Crippen molar-refractivity contribution in [2.75, 3.05) is 0 Å². The first-order valence-electron chi connectivity index (χ1n) is 6.51. The van der Waals surface area contributed by atoms with Crippen LogP contribution in [0, 0.1) is 11.8 Å². The molecule has 0 bridgehead atoms. The predicted molar refractivity (Wildman–Crippen MR) is 69.2 cm³/mol. The van der Waals surface area contributed by atoms with E-state index in [1.807, 2.05) is 6.08 Å². The summed E-state index contributed by atoms with van der Waals surface area (Å²) < 4.78 is 0. The Balaban J connectivity index is 2.25. The molecule has 3 N–H and O–H groups in total. The van der Waals surface area contributed by atoms with Crippen molar-refractivity contribution in [3.05, 3.63) is 24.5 Å². The lowest BCUT2D eigenvalue weighted by atomic mass is 9.91. The molecule has 0 saturated heterocycles. The van der Waals surface area contributed by atoms with Gasteiger partial charge < -0.3 is 15.3 Å². The van der Waals surface area contributed by atoms with E-state index in [1.54, 1.807) is 6.08 Å². The number of hydrogen-bond acceptors (Lipinski definition) is 3. The van der Waals surface area contributed by atoms with Gasteiger partial charge in [0.05, 0.1) is 12.4 Å². The number of rotatable bonds is 7. The number of carbonyl (C=O) groups is 1.